The Hall–Kier alpha value is -1.89. The fraction of sp³-hybridized carbons (Fsp3) is 0.409. The van der Waals surface area contributed by atoms with Crippen molar-refractivity contribution >= 4 is 27.5 Å². The topological polar surface area (TPSA) is 66.5 Å². The molecule has 5 nitrogen and oxygen atoms in total. The van der Waals surface area contributed by atoms with Gasteiger partial charge in [-0.15, -0.1) is 0 Å². The third kappa shape index (κ3) is 5.00. The van der Waals surface area contributed by atoms with Crippen molar-refractivity contribution in [3.63, 3.8) is 0 Å². The van der Waals surface area contributed by atoms with Crippen molar-refractivity contribution in [2.75, 3.05) is 13.1 Å². The first kappa shape index (κ1) is 21.8. The average Bonchev–Trinajstić information content (AvgIpc) is 2.68. The molecular formula is C22H27ClN2O3S. The number of nitrogens with one attached hydrogen (secondary N) is 1. The van der Waals surface area contributed by atoms with Crippen LogP contribution in [0.1, 0.15) is 42.5 Å². The number of carbonyl (C=O) groups is 1. The van der Waals surface area contributed by atoms with Crippen molar-refractivity contribution in [3.05, 3.63) is 64.2 Å². The standard InChI is InChI=1S/C22H27ClN2O3S/c1-15-6-11-21(16(2)13-15)17(3)24-22(26)18-5-4-12-25(14-18)29(27,28)20-9-7-19(23)8-10-20/h6-11,13,17-18H,4-5,12,14H2,1-3H3,(H,24,26)/t17-,18-/m1/s1. The van der Waals surface area contributed by atoms with Crippen LogP contribution in [0.2, 0.25) is 5.02 Å². The molecule has 0 unspecified atom stereocenters. The number of amides is 1. The number of rotatable bonds is 5. The molecule has 1 heterocycles. The first-order valence-electron chi connectivity index (χ1n) is 9.81. The predicted octanol–water partition coefficient (Wildman–Crippen LogP) is 4.23. The Morgan fingerprint density at radius 2 is 1.86 bits per heavy atom. The molecule has 1 saturated heterocycles. The Morgan fingerprint density at radius 3 is 2.52 bits per heavy atom. The van der Waals surface area contributed by atoms with Gasteiger partial charge in [-0.25, -0.2) is 8.42 Å². The van der Waals surface area contributed by atoms with Gasteiger partial charge in [-0.3, -0.25) is 4.79 Å². The van der Waals surface area contributed by atoms with Crippen LogP contribution in [0.4, 0.5) is 0 Å². The van der Waals surface area contributed by atoms with E-state index in [9.17, 15) is 13.2 Å². The molecule has 7 heteroatoms. The Kier molecular flexibility index (Phi) is 6.66. The van der Waals surface area contributed by atoms with E-state index in [0.29, 0.717) is 24.4 Å². The highest BCUT2D eigenvalue weighted by Crippen LogP contribution is 2.26. The third-order valence-electron chi connectivity index (χ3n) is 5.46. The van der Waals surface area contributed by atoms with Crippen molar-refractivity contribution in [1.29, 1.82) is 0 Å². The zero-order valence-electron chi connectivity index (χ0n) is 17.0. The summed E-state index contributed by atoms with van der Waals surface area (Å²) >= 11 is 5.87. The van der Waals surface area contributed by atoms with E-state index in [1.54, 1.807) is 12.1 Å². The second-order valence-electron chi connectivity index (χ2n) is 7.75. The maximum atomic E-state index is 12.9. The van der Waals surface area contributed by atoms with Gasteiger partial charge in [0.15, 0.2) is 0 Å². The Balaban J connectivity index is 1.69. The highest BCUT2D eigenvalue weighted by molar-refractivity contribution is 7.89. The molecular weight excluding hydrogens is 408 g/mol. The van der Waals surface area contributed by atoms with Gasteiger partial charge in [0.2, 0.25) is 15.9 Å². The Bertz CT molecular complexity index is 990. The van der Waals surface area contributed by atoms with E-state index in [2.05, 4.69) is 11.4 Å². The van der Waals surface area contributed by atoms with E-state index in [0.717, 1.165) is 11.1 Å². The van der Waals surface area contributed by atoms with Crippen LogP contribution in [-0.2, 0) is 14.8 Å². The Labute approximate surface area is 178 Å². The van der Waals surface area contributed by atoms with E-state index in [1.165, 1.54) is 22.0 Å². The van der Waals surface area contributed by atoms with Gasteiger partial charge in [-0.2, -0.15) is 4.31 Å². The smallest absolute Gasteiger partial charge is 0.243 e. The van der Waals surface area contributed by atoms with Gasteiger partial charge in [0, 0.05) is 18.1 Å². The van der Waals surface area contributed by atoms with Gasteiger partial charge in [-0.1, -0.05) is 35.4 Å². The molecule has 0 aromatic heterocycles. The van der Waals surface area contributed by atoms with Crippen LogP contribution in [-0.4, -0.2) is 31.7 Å². The highest BCUT2D eigenvalue weighted by Gasteiger charge is 2.33. The number of sulfonamides is 1. The zero-order valence-corrected chi connectivity index (χ0v) is 18.6. The average molecular weight is 435 g/mol. The fourth-order valence-corrected chi connectivity index (χ4v) is 5.50. The maximum Gasteiger partial charge on any atom is 0.243 e. The first-order valence-corrected chi connectivity index (χ1v) is 11.6. The molecule has 3 rings (SSSR count). The molecule has 1 amide bonds. The summed E-state index contributed by atoms with van der Waals surface area (Å²) in [5, 5.41) is 3.55. The molecule has 1 fully saturated rings. The summed E-state index contributed by atoms with van der Waals surface area (Å²) in [5.41, 5.74) is 3.39. The number of benzene rings is 2. The lowest BCUT2D eigenvalue weighted by molar-refractivity contribution is -0.126. The van der Waals surface area contributed by atoms with Gasteiger partial charge in [-0.05, 0) is 69.0 Å². The molecule has 1 aliphatic heterocycles. The quantitative estimate of drug-likeness (QED) is 0.765. The molecule has 1 aliphatic rings. The number of halogens is 1. The number of piperidine rings is 1. The lowest BCUT2D eigenvalue weighted by Gasteiger charge is -2.32. The summed E-state index contributed by atoms with van der Waals surface area (Å²) in [4.78, 5) is 13.1. The van der Waals surface area contributed by atoms with Crippen LogP contribution in [0.3, 0.4) is 0 Å². The second-order valence-corrected chi connectivity index (χ2v) is 10.1. The second kappa shape index (κ2) is 8.86. The summed E-state index contributed by atoms with van der Waals surface area (Å²) in [6, 6.07) is 12.2. The minimum absolute atomic E-state index is 0.103. The summed E-state index contributed by atoms with van der Waals surface area (Å²) in [6.45, 7) is 6.64. The predicted molar refractivity (Wildman–Crippen MR) is 115 cm³/mol. The van der Waals surface area contributed by atoms with Gasteiger partial charge in [0.25, 0.3) is 0 Å². The highest BCUT2D eigenvalue weighted by atomic mass is 35.5. The monoisotopic (exact) mass is 434 g/mol. The molecule has 2 atom stereocenters. The van der Waals surface area contributed by atoms with Crippen LogP contribution >= 0.6 is 11.6 Å². The van der Waals surface area contributed by atoms with Crippen LogP contribution < -0.4 is 5.32 Å². The number of nitrogens with zero attached hydrogens (tertiary/aromatic N) is 1. The largest absolute Gasteiger partial charge is 0.349 e. The van der Waals surface area contributed by atoms with Crippen molar-refractivity contribution in [2.45, 2.75) is 44.6 Å². The minimum Gasteiger partial charge on any atom is -0.349 e. The van der Waals surface area contributed by atoms with Gasteiger partial charge in [0.1, 0.15) is 0 Å². The van der Waals surface area contributed by atoms with Crippen molar-refractivity contribution < 1.29 is 13.2 Å². The summed E-state index contributed by atoms with van der Waals surface area (Å²) < 4.78 is 27.3. The van der Waals surface area contributed by atoms with Gasteiger partial charge in [0.05, 0.1) is 16.9 Å². The van der Waals surface area contributed by atoms with E-state index in [1.807, 2.05) is 32.9 Å². The molecule has 0 bridgehead atoms. The molecule has 2 aromatic rings. The van der Waals surface area contributed by atoms with E-state index >= 15 is 0 Å². The molecule has 29 heavy (non-hydrogen) atoms. The van der Waals surface area contributed by atoms with Gasteiger partial charge >= 0.3 is 0 Å². The van der Waals surface area contributed by atoms with Crippen molar-refractivity contribution in [2.24, 2.45) is 5.92 Å². The van der Waals surface area contributed by atoms with Crippen molar-refractivity contribution in [1.82, 2.24) is 9.62 Å². The van der Waals surface area contributed by atoms with Crippen molar-refractivity contribution in [3.8, 4) is 0 Å². The molecule has 0 radical (unpaired) electrons. The summed E-state index contributed by atoms with van der Waals surface area (Å²) in [6.07, 6.45) is 1.33. The Morgan fingerprint density at radius 1 is 1.17 bits per heavy atom. The third-order valence-corrected chi connectivity index (χ3v) is 7.59. The first-order chi connectivity index (χ1) is 13.7. The lowest BCUT2D eigenvalue weighted by Crippen LogP contribution is -2.45. The lowest BCUT2D eigenvalue weighted by atomic mass is 9.96. The zero-order chi connectivity index (χ0) is 21.2. The SMILES string of the molecule is Cc1ccc([C@@H](C)NC(=O)[C@@H]2CCCN(S(=O)(=O)c3ccc(Cl)cc3)C2)c(C)c1. The number of aryl methyl sites for hydroxylation is 2. The van der Waals surface area contributed by atoms with E-state index in [-0.39, 0.29) is 29.3 Å². The summed E-state index contributed by atoms with van der Waals surface area (Å²) in [5.74, 6) is -0.465. The van der Waals surface area contributed by atoms with E-state index in [4.69, 9.17) is 11.6 Å². The molecule has 0 aliphatic carbocycles. The number of hydrogen-bond donors (Lipinski definition) is 1. The van der Waals surface area contributed by atoms with Crippen LogP contribution in [0.15, 0.2) is 47.4 Å². The molecule has 0 spiro atoms. The molecule has 2 aromatic carbocycles. The fourth-order valence-electron chi connectivity index (χ4n) is 3.85. The van der Waals surface area contributed by atoms with Crippen LogP contribution in [0.25, 0.3) is 0 Å². The molecule has 0 saturated carbocycles. The maximum absolute atomic E-state index is 12.9. The van der Waals surface area contributed by atoms with Crippen LogP contribution in [0, 0.1) is 19.8 Å². The molecule has 1 N–H and O–H groups in total. The molecule has 156 valence electrons. The number of hydrogen-bond acceptors (Lipinski definition) is 3. The van der Waals surface area contributed by atoms with Gasteiger partial charge < -0.3 is 5.32 Å². The minimum atomic E-state index is -3.64. The van der Waals surface area contributed by atoms with E-state index < -0.39 is 10.0 Å². The normalized spacial score (nSPS) is 19.0. The van der Waals surface area contributed by atoms with Crippen LogP contribution in [0.5, 0.6) is 0 Å². The summed E-state index contributed by atoms with van der Waals surface area (Å²) in [7, 11) is -3.64. The number of carbonyl (C=O) groups excluding carboxylic acids is 1.